The maximum atomic E-state index is 12.3. The van der Waals surface area contributed by atoms with Crippen molar-refractivity contribution in [1.29, 1.82) is 0 Å². The third-order valence-electron chi connectivity index (χ3n) is 4.47. The van der Waals surface area contributed by atoms with E-state index in [1.165, 1.54) is 4.90 Å². The number of aromatic nitrogens is 3. The van der Waals surface area contributed by atoms with Crippen molar-refractivity contribution in [3.05, 3.63) is 30.0 Å². The molecule has 0 aliphatic carbocycles. The van der Waals surface area contributed by atoms with Gasteiger partial charge in [0.15, 0.2) is 17.5 Å². The van der Waals surface area contributed by atoms with E-state index in [0.29, 0.717) is 13.1 Å². The monoisotopic (exact) mass is 350 g/mol. The molecule has 1 amide bonds. The first kappa shape index (κ1) is 17.0. The molecule has 3 rings (SSSR count). The van der Waals surface area contributed by atoms with E-state index in [9.17, 15) is 4.79 Å². The van der Waals surface area contributed by atoms with Gasteiger partial charge in [-0.15, -0.1) is 10.2 Å². The molecule has 0 saturated carbocycles. The predicted molar refractivity (Wildman–Crippen MR) is 90.7 cm³/mol. The normalized spacial score (nSPS) is 20.4. The Hall–Kier alpha value is -1.80. The summed E-state index contributed by atoms with van der Waals surface area (Å²) in [4.78, 5) is 13.5. The summed E-state index contributed by atoms with van der Waals surface area (Å²) < 4.78 is 7.41. The van der Waals surface area contributed by atoms with Crippen LogP contribution in [0.5, 0.6) is 0 Å². The Bertz CT molecular complexity index is 670. The van der Waals surface area contributed by atoms with Gasteiger partial charge in [0.05, 0.1) is 19.4 Å². The van der Waals surface area contributed by atoms with Gasteiger partial charge < -0.3 is 19.2 Å². The van der Waals surface area contributed by atoms with Gasteiger partial charge in [0.25, 0.3) is 5.91 Å². The van der Waals surface area contributed by atoms with Crippen molar-refractivity contribution >= 4 is 17.7 Å². The standard InChI is InChI=1S/C16H23N5O2S/c1-3-21-15(18-19-16(21)24-2)13-7-4-8-20(13)11-14(22)17-10-12-6-5-9-23-12/h5-6,9,13H,3-4,7-8,10-11H2,1-2H3,(H,17,22)/p+1/t13-/m0/s1. The van der Waals surface area contributed by atoms with Gasteiger partial charge in [0.1, 0.15) is 11.8 Å². The van der Waals surface area contributed by atoms with Gasteiger partial charge >= 0.3 is 0 Å². The molecule has 1 saturated heterocycles. The van der Waals surface area contributed by atoms with E-state index in [-0.39, 0.29) is 11.9 Å². The molecule has 24 heavy (non-hydrogen) atoms. The minimum atomic E-state index is 0.0425. The minimum absolute atomic E-state index is 0.0425. The Morgan fingerprint density at radius 3 is 3.12 bits per heavy atom. The van der Waals surface area contributed by atoms with Crippen molar-refractivity contribution in [3.63, 3.8) is 0 Å². The summed E-state index contributed by atoms with van der Waals surface area (Å²) >= 11 is 1.61. The molecule has 1 aliphatic heterocycles. The van der Waals surface area contributed by atoms with Crippen LogP contribution in [0.2, 0.25) is 0 Å². The second-order valence-electron chi connectivity index (χ2n) is 5.93. The fourth-order valence-electron chi connectivity index (χ4n) is 3.31. The minimum Gasteiger partial charge on any atom is -0.467 e. The molecule has 7 nitrogen and oxygen atoms in total. The third kappa shape index (κ3) is 3.64. The highest BCUT2D eigenvalue weighted by molar-refractivity contribution is 7.98. The van der Waals surface area contributed by atoms with Gasteiger partial charge in [-0.1, -0.05) is 11.8 Å². The molecule has 1 fully saturated rings. The second-order valence-corrected chi connectivity index (χ2v) is 6.70. The molecular weight excluding hydrogens is 326 g/mol. The molecule has 130 valence electrons. The summed E-state index contributed by atoms with van der Waals surface area (Å²) in [6, 6.07) is 3.93. The SMILES string of the molecule is CCn1c(SC)nnc1[C@@H]1CCC[NH+]1CC(=O)NCc1ccco1. The van der Waals surface area contributed by atoms with E-state index in [1.807, 2.05) is 18.4 Å². The van der Waals surface area contributed by atoms with E-state index in [2.05, 4.69) is 27.0 Å². The quantitative estimate of drug-likeness (QED) is 0.717. The fourth-order valence-corrected chi connectivity index (χ4v) is 3.87. The number of rotatable bonds is 7. The van der Waals surface area contributed by atoms with Crippen molar-refractivity contribution in [1.82, 2.24) is 20.1 Å². The summed E-state index contributed by atoms with van der Waals surface area (Å²) in [7, 11) is 0. The molecule has 0 radical (unpaired) electrons. The fraction of sp³-hybridized carbons (Fsp3) is 0.562. The highest BCUT2D eigenvalue weighted by atomic mass is 32.2. The van der Waals surface area contributed by atoms with Gasteiger partial charge in [-0.3, -0.25) is 4.79 Å². The number of amides is 1. The van der Waals surface area contributed by atoms with E-state index in [0.717, 1.165) is 42.7 Å². The summed E-state index contributed by atoms with van der Waals surface area (Å²) in [5.41, 5.74) is 0. The average Bonchev–Trinajstić information content (AvgIpc) is 3.32. The van der Waals surface area contributed by atoms with Crippen LogP contribution in [0.15, 0.2) is 28.0 Å². The molecule has 1 aliphatic rings. The number of nitrogens with one attached hydrogen (secondary N) is 2. The molecule has 8 heteroatoms. The van der Waals surface area contributed by atoms with Crippen LogP contribution in [-0.4, -0.2) is 40.0 Å². The van der Waals surface area contributed by atoms with Crippen LogP contribution in [0.25, 0.3) is 0 Å². The maximum absolute atomic E-state index is 12.3. The molecule has 0 spiro atoms. The zero-order valence-corrected chi connectivity index (χ0v) is 14.9. The summed E-state index contributed by atoms with van der Waals surface area (Å²) in [6.45, 7) is 4.84. The van der Waals surface area contributed by atoms with Crippen LogP contribution in [0.1, 0.15) is 37.4 Å². The molecule has 3 heterocycles. The third-order valence-corrected chi connectivity index (χ3v) is 5.13. The highest BCUT2D eigenvalue weighted by Gasteiger charge is 2.35. The van der Waals surface area contributed by atoms with Crippen molar-refractivity contribution in [2.75, 3.05) is 19.3 Å². The van der Waals surface area contributed by atoms with E-state index in [4.69, 9.17) is 4.42 Å². The first-order valence-electron chi connectivity index (χ1n) is 8.33. The zero-order chi connectivity index (χ0) is 16.9. The largest absolute Gasteiger partial charge is 0.467 e. The van der Waals surface area contributed by atoms with Gasteiger partial charge in [-0.05, 0) is 25.3 Å². The first-order chi connectivity index (χ1) is 11.7. The Kier molecular flexibility index (Phi) is 5.57. The van der Waals surface area contributed by atoms with Crippen molar-refractivity contribution in [3.8, 4) is 0 Å². The smallest absolute Gasteiger partial charge is 0.275 e. The maximum Gasteiger partial charge on any atom is 0.275 e. The van der Waals surface area contributed by atoms with E-state index < -0.39 is 0 Å². The van der Waals surface area contributed by atoms with Crippen molar-refractivity contribution in [2.45, 2.75) is 44.1 Å². The summed E-state index contributed by atoms with van der Waals surface area (Å²) in [5, 5.41) is 12.6. The van der Waals surface area contributed by atoms with Gasteiger partial charge in [-0.2, -0.15) is 0 Å². The lowest BCUT2D eigenvalue weighted by molar-refractivity contribution is -0.911. The van der Waals surface area contributed by atoms with Crippen LogP contribution >= 0.6 is 11.8 Å². The zero-order valence-electron chi connectivity index (χ0n) is 14.1. The number of carbonyl (C=O) groups excluding carboxylic acids is 1. The molecule has 0 aromatic carbocycles. The van der Waals surface area contributed by atoms with Gasteiger partial charge in [-0.25, -0.2) is 0 Å². The Morgan fingerprint density at radius 1 is 1.54 bits per heavy atom. The molecule has 1 unspecified atom stereocenters. The Labute approximate surface area is 145 Å². The number of hydrogen-bond acceptors (Lipinski definition) is 5. The van der Waals surface area contributed by atoms with Crippen molar-refractivity contribution in [2.24, 2.45) is 0 Å². The summed E-state index contributed by atoms with van der Waals surface area (Å²) in [6.07, 6.45) is 5.79. The summed E-state index contributed by atoms with van der Waals surface area (Å²) in [5.74, 6) is 1.82. The highest BCUT2D eigenvalue weighted by Crippen LogP contribution is 2.21. The molecule has 2 N–H and O–H groups in total. The number of carbonyl (C=O) groups is 1. The second kappa shape index (κ2) is 7.85. The van der Waals surface area contributed by atoms with Crippen LogP contribution in [0.4, 0.5) is 0 Å². The van der Waals surface area contributed by atoms with E-state index >= 15 is 0 Å². The molecule has 2 aromatic rings. The Morgan fingerprint density at radius 2 is 2.42 bits per heavy atom. The van der Waals surface area contributed by atoms with Crippen LogP contribution in [0, 0.1) is 0 Å². The van der Waals surface area contributed by atoms with Gasteiger partial charge in [0, 0.05) is 19.4 Å². The molecule has 2 atom stereocenters. The number of quaternary nitrogens is 1. The lowest BCUT2D eigenvalue weighted by atomic mass is 10.2. The number of furan rings is 1. The van der Waals surface area contributed by atoms with Crippen LogP contribution < -0.4 is 10.2 Å². The van der Waals surface area contributed by atoms with E-state index in [1.54, 1.807) is 18.0 Å². The number of thioether (sulfide) groups is 1. The van der Waals surface area contributed by atoms with Crippen LogP contribution in [0.3, 0.4) is 0 Å². The predicted octanol–water partition coefficient (Wildman–Crippen LogP) is 0.649. The number of hydrogen-bond donors (Lipinski definition) is 2. The lowest BCUT2D eigenvalue weighted by Crippen LogP contribution is -3.11. The van der Waals surface area contributed by atoms with Crippen LogP contribution in [-0.2, 0) is 17.9 Å². The topological polar surface area (TPSA) is 77.4 Å². The first-order valence-corrected chi connectivity index (χ1v) is 9.56. The number of nitrogens with zero attached hydrogens (tertiary/aromatic N) is 3. The number of likely N-dealkylation sites (tertiary alicyclic amines) is 1. The molecular formula is C16H24N5O2S+. The lowest BCUT2D eigenvalue weighted by Gasteiger charge is -2.20. The van der Waals surface area contributed by atoms with Crippen molar-refractivity contribution < 1.29 is 14.1 Å². The molecule has 0 bridgehead atoms. The van der Waals surface area contributed by atoms with Gasteiger partial charge in [0.2, 0.25) is 0 Å². The molecule has 2 aromatic heterocycles. The Balaban J connectivity index is 1.63. The average molecular weight is 350 g/mol.